The van der Waals surface area contributed by atoms with E-state index in [4.69, 9.17) is 13.9 Å². The molecule has 3 N–H and O–H groups in total. The molecule has 0 bridgehead atoms. The number of furan rings is 2. The van der Waals surface area contributed by atoms with Gasteiger partial charge in [-0.2, -0.15) is 0 Å². The van der Waals surface area contributed by atoms with Crippen LogP contribution in [-0.4, -0.2) is 17.1 Å². The summed E-state index contributed by atoms with van der Waals surface area (Å²) in [5.74, 6) is 0.278. The van der Waals surface area contributed by atoms with E-state index in [0.29, 0.717) is 17.3 Å². The van der Waals surface area contributed by atoms with Gasteiger partial charge in [0.1, 0.15) is 22.8 Å². The van der Waals surface area contributed by atoms with Crippen molar-refractivity contribution in [2.75, 3.05) is 0 Å². The zero-order valence-electron chi connectivity index (χ0n) is 11.7. The van der Waals surface area contributed by atoms with Crippen LogP contribution in [-0.2, 0) is 6.54 Å². The number of rotatable bonds is 5. The van der Waals surface area contributed by atoms with E-state index in [1.165, 1.54) is 12.3 Å². The molecule has 21 heavy (non-hydrogen) atoms. The van der Waals surface area contributed by atoms with Crippen LogP contribution in [0.2, 0.25) is 0 Å². The van der Waals surface area contributed by atoms with Crippen LogP contribution < -0.4 is 10.6 Å². The highest BCUT2D eigenvalue weighted by Gasteiger charge is 2.15. The SMILES string of the molecule is Cc1oc(CNC(=O)NC(C)c2ccco2)cc1C(=O)O. The normalized spacial score (nSPS) is 11.9. The number of carboxylic acid groups (broad SMARTS) is 1. The first-order valence-electron chi connectivity index (χ1n) is 6.37. The van der Waals surface area contributed by atoms with Crippen LogP contribution in [0.5, 0.6) is 0 Å². The van der Waals surface area contributed by atoms with Gasteiger partial charge in [-0.25, -0.2) is 9.59 Å². The lowest BCUT2D eigenvalue weighted by Gasteiger charge is -2.11. The van der Waals surface area contributed by atoms with Crippen molar-refractivity contribution in [3.8, 4) is 0 Å². The van der Waals surface area contributed by atoms with Crippen LogP contribution in [0.3, 0.4) is 0 Å². The van der Waals surface area contributed by atoms with Crippen molar-refractivity contribution in [2.45, 2.75) is 26.4 Å². The molecule has 2 amide bonds. The Morgan fingerprint density at radius 2 is 2.19 bits per heavy atom. The number of nitrogens with one attached hydrogen (secondary N) is 2. The average Bonchev–Trinajstić information content (AvgIpc) is 3.05. The lowest BCUT2D eigenvalue weighted by atomic mass is 10.2. The van der Waals surface area contributed by atoms with Crippen molar-refractivity contribution in [1.29, 1.82) is 0 Å². The fourth-order valence-electron chi connectivity index (χ4n) is 1.87. The fraction of sp³-hybridized carbons (Fsp3) is 0.286. The van der Waals surface area contributed by atoms with Crippen LogP contribution in [0.4, 0.5) is 4.79 Å². The van der Waals surface area contributed by atoms with E-state index in [2.05, 4.69) is 10.6 Å². The zero-order valence-corrected chi connectivity index (χ0v) is 11.7. The first kappa shape index (κ1) is 14.7. The predicted octanol–water partition coefficient (Wildman–Crippen LogP) is 2.44. The van der Waals surface area contributed by atoms with E-state index in [9.17, 15) is 9.59 Å². The molecule has 0 aliphatic carbocycles. The largest absolute Gasteiger partial charge is 0.478 e. The monoisotopic (exact) mass is 292 g/mol. The van der Waals surface area contributed by atoms with Gasteiger partial charge in [0, 0.05) is 0 Å². The van der Waals surface area contributed by atoms with Gasteiger partial charge in [0.05, 0.1) is 18.8 Å². The Morgan fingerprint density at radius 1 is 1.43 bits per heavy atom. The average molecular weight is 292 g/mol. The van der Waals surface area contributed by atoms with E-state index in [1.807, 2.05) is 0 Å². The molecule has 7 nitrogen and oxygen atoms in total. The van der Waals surface area contributed by atoms with Gasteiger partial charge < -0.3 is 24.6 Å². The smallest absolute Gasteiger partial charge is 0.339 e. The highest BCUT2D eigenvalue weighted by Crippen LogP contribution is 2.15. The summed E-state index contributed by atoms with van der Waals surface area (Å²) in [4.78, 5) is 22.6. The third-order valence-corrected chi connectivity index (χ3v) is 2.94. The van der Waals surface area contributed by atoms with Gasteiger partial charge in [-0.15, -0.1) is 0 Å². The molecule has 0 spiro atoms. The molecule has 0 radical (unpaired) electrons. The minimum Gasteiger partial charge on any atom is -0.478 e. The van der Waals surface area contributed by atoms with E-state index < -0.39 is 12.0 Å². The number of urea groups is 1. The molecule has 1 unspecified atom stereocenters. The van der Waals surface area contributed by atoms with Crippen LogP contribution >= 0.6 is 0 Å². The van der Waals surface area contributed by atoms with E-state index in [0.717, 1.165) is 0 Å². The fourth-order valence-corrected chi connectivity index (χ4v) is 1.87. The van der Waals surface area contributed by atoms with E-state index in [1.54, 1.807) is 26.0 Å². The summed E-state index contributed by atoms with van der Waals surface area (Å²) < 4.78 is 10.4. The molecule has 0 aromatic carbocycles. The minimum absolute atomic E-state index is 0.0937. The Bertz CT molecular complexity index is 630. The highest BCUT2D eigenvalue weighted by molar-refractivity contribution is 5.88. The zero-order chi connectivity index (χ0) is 15.4. The molecule has 2 aromatic heterocycles. The van der Waals surface area contributed by atoms with Gasteiger partial charge >= 0.3 is 12.0 Å². The number of carbonyl (C=O) groups excluding carboxylic acids is 1. The summed E-state index contributed by atoms with van der Waals surface area (Å²) in [5.41, 5.74) is 0.0937. The lowest BCUT2D eigenvalue weighted by Crippen LogP contribution is -2.36. The van der Waals surface area contributed by atoms with Gasteiger partial charge in [-0.05, 0) is 32.0 Å². The summed E-state index contributed by atoms with van der Waals surface area (Å²) in [5, 5.41) is 14.2. The molecule has 0 saturated carbocycles. The molecule has 7 heteroatoms. The van der Waals surface area contributed by atoms with Gasteiger partial charge in [-0.3, -0.25) is 0 Å². The molecule has 0 fully saturated rings. The highest BCUT2D eigenvalue weighted by atomic mass is 16.4. The maximum atomic E-state index is 11.7. The second kappa shape index (κ2) is 6.17. The predicted molar refractivity (Wildman–Crippen MR) is 72.9 cm³/mol. The lowest BCUT2D eigenvalue weighted by molar-refractivity contribution is 0.0695. The maximum absolute atomic E-state index is 11.7. The summed E-state index contributed by atoms with van der Waals surface area (Å²) in [6.45, 7) is 3.45. The van der Waals surface area contributed by atoms with Crippen LogP contribution in [0.25, 0.3) is 0 Å². The minimum atomic E-state index is -1.06. The molecule has 0 saturated heterocycles. The first-order chi connectivity index (χ1) is 9.97. The molecular weight excluding hydrogens is 276 g/mol. The number of hydrogen-bond donors (Lipinski definition) is 3. The van der Waals surface area contributed by atoms with Crippen molar-refractivity contribution in [3.63, 3.8) is 0 Å². The molecule has 2 aromatic rings. The Balaban J connectivity index is 1.86. The number of aromatic carboxylic acids is 1. The molecule has 0 aliphatic rings. The Kier molecular flexibility index (Phi) is 4.32. The van der Waals surface area contributed by atoms with Crippen LogP contribution in [0.1, 0.15) is 40.6 Å². The third kappa shape index (κ3) is 3.65. The van der Waals surface area contributed by atoms with Gasteiger partial charge in [0.25, 0.3) is 0 Å². The summed E-state index contributed by atoms with van der Waals surface area (Å²) in [6.07, 6.45) is 1.53. The Labute approximate surface area is 120 Å². The molecule has 2 heterocycles. The maximum Gasteiger partial charge on any atom is 0.339 e. The van der Waals surface area contributed by atoms with Crippen LogP contribution in [0.15, 0.2) is 33.3 Å². The second-order valence-corrected chi connectivity index (χ2v) is 4.55. The molecule has 112 valence electrons. The summed E-state index contributed by atoms with van der Waals surface area (Å²) in [7, 11) is 0. The summed E-state index contributed by atoms with van der Waals surface area (Å²) in [6, 6.07) is 4.23. The third-order valence-electron chi connectivity index (χ3n) is 2.94. The first-order valence-corrected chi connectivity index (χ1v) is 6.37. The molecule has 0 aliphatic heterocycles. The molecule has 2 rings (SSSR count). The number of carbonyl (C=O) groups is 2. The van der Waals surface area contributed by atoms with E-state index in [-0.39, 0.29) is 18.2 Å². The van der Waals surface area contributed by atoms with Gasteiger partial charge in [-0.1, -0.05) is 0 Å². The van der Waals surface area contributed by atoms with Crippen molar-refractivity contribution in [2.24, 2.45) is 0 Å². The summed E-state index contributed by atoms with van der Waals surface area (Å²) >= 11 is 0. The Morgan fingerprint density at radius 3 is 2.76 bits per heavy atom. The van der Waals surface area contributed by atoms with Gasteiger partial charge in [0.15, 0.2) is 0 Å². The topological polar surface area (TPSA) is 105 Å². The standard InChI is InChI=1S/C14H16N2O5/c1-8(12-4-3-5-20-12)16-14(19)15-7-10-6-11(13(17)18)9(2)21-10/h3-6,8H,7H2,1-2H3,(H,17,18)(H2,15,16,19). The quantitative estimate of drug-likeness (QED) is 0.785. The van der Waals surface area contributed by atoms with Crippen molar-refractivity contribution >= 4 is 12.0 Å². The number of hydrogen-bond acceptors (Lipinski definition) is 4. The Hall–Kier alpha value is -2.70. The number of carboxylic acids is 1. The van der Waals surface area contributed by atoms with Crippen molar-refractivity contribution in [1.82, 2.24) is 10.6 Å². The number of aryl methyl sites for hydroxylation is 1. The van der Waals surface area contributed by atoms with Gasteiger partial charge in [0.2, 0.25) is 0 Å². The van der Waals surface area contributed by atoms with Crippen molar-refractivity contribution in [3.05, 3.63) is 47.3 Å². The van der Waals surface area contributed by atoms with Crippen LogP contribution in [0, 0.1) is 6.92 Å². The van der Waals surface area contributed by atoms with E-state index >= 15 is 0 Å². The van der Waals surface area contributed by atoms with Crippen molar-refractivity contribution < 1.29 is 23.5 Å². The molecule has 1 atom stereocenters. The number of amides is 2. The molecular formula is C14H16N2O5. The second-order valence-electron chi connectivity index (χ2n) is 4.55.